The Hall–Kier alpha value is -4.67. The number of thiocarbonyl (C=S) groups is 1. The summed E-state index contributed by atoms with van der Waals surface area (Å²) in [7, 11) is 1.79. The second-order valence-corrected chi connectivity index (χ2v) is 12.0. The molecule has 1 fully saturated rings. The van der Waals surface area contributed by atoms with Crippen molar-refractivity contribution in [3.05, 3.63) is 118 Å². The molecule has 216 valence electrons. The lowest BCUT2D eigenvalue weighted by Gasteiger charge is -2.12. The van der Waals surface area contributed by atoms with Crippen LogP contribution in [0.25, 0.3) is 28.7 Å². The van der Waals surface area contributed by atoms with Crippen molar-refractivity contribution in [3.63, 3.8) is 0 Å². The molecule has 2 aromatic heterocycles. The van der Waals surface area contributed by atoms with E-state index in [-0.39, 0.29) is 23.3 Å². The molecule has 0 N–H and O–H groups in total. The molecular weight excluding hydrogens is 579 g/mol. The Balaban J connectivity index is 1.41. The van der Waals surface area contributed by atoms with Gasteiger partial charge in [-0.1, -0.05) is 60.4 Å². The van der Waals surface area contributed by atoms with E-state index in [1.165, 1.54) is 16.7 Å². The summed E-state index contributed by atoms with van der Waals surface area (Å²) in [6.45, 7) is 5.78. The highest BCUT2D eigenvalue weighted by atomic mass is 32.2. The minimum atomic E-state index is -0.347. The molecule has 3 heterocycles. The van der Waals surface area contributed by atoms with Crippen molar-refractivity contribution < 1.29 is 9.53 Å². The zero-order valence-corrected chi connectivity index (χ0v) is 25.7. The van der Waals surface area contributed by atoms with Crippen molar-refractivity contribution in [1.29, 1.82) is 0 Å². The quantitative estimate of drug-likeness (QED) is 0.155. The number of rotatable bonds is 7. The molecule has 5 aromatic rings. The standard InChI is InChI=1S/C33H29N5O3S2/c1-21(2)41-27-17-15-23(16-18-27)29-24(20-36(34-29)25-11-7-5-8-12-25)19-28-31(39)37(33(42)43-28)30-22(3)35(4)38(32(30)40)26-13-9-6-10-14-26/h5-21H,1-4H3/b28-19-. The summed E-state index contributed by atoms with van der Waals surface area (Å²) in [5.74, 6) is 0.420. The van der Waals surface area contributed by atoms with Crippen molar-refractivity contribution in [1.82, 2.24) is 19.1 Å². The molecule has 0 aliphatic carbocycles. The molecule has 10 heteroatoms. The maximum absolute atomic E-state index is 13.9. The van der Waals surface area contributed by atoms with Crippen LogP contribution in [0.5, 0.6) is 5.75 Å². The molecule has 1 amide bonds. The minimum absolute atomic E-state index is 0.0608. The lowest BCUT2D eigenvalue weighted by molar-refractivity contribution is -0.113. The number of thioether (sulfide) groups is 1. The van der Waals surface area contributed by atoms with E-state index < -0.39 is 0 Å². The summed E-state index contributed by atoms with van der Waals surface area (Å²) in [6.07, 6.45) is 3.75. The van der Waals surface area contributed by atoms with Gasteiger partial charge in [0.25, 0.3) is 11.5 Å². The molecule has 0 radical (unpaired) electrons. The van der Waals surface area contributed by atoms with Gasteiger partial charge in [-0.05, 0) is 75.4 Å². The van der Waals surface area contributed by atoms with Crippen LogP contribution in [0.15, 0.2) is 101 Å². The Kier molecular flexibility index (Phi) is 7.64. The van der Waals surface area contributed by atoms with Crippen LogP contribution in [0.2, 0.25) is 0 Å². The second-order valence-electron chi connectivity index (χ2n) is 10.3. The molecule has 6 rings (SSSR count). The van der Waals surface area contributed by atoms with E-state index in [1.54, 1.807) is 27.2 Å². The number of carbonyl (C=O) groups is 1. The summed E-state index contributed by atoms with van der Waals surface area (Å²) in [5.41, 5.74) is 4.47. The summed E-state index contributed by atoms with van der Waals surface area (Å²) in [5, 5.41) is 4.89. The molecule has 43 heavy (non-hydrogen) atoms. The number of nitrogens with zero attached hydrogens (tertiary/aromatic N) is 5. The summed E-state index contributed by atoms with van der Waals surface area (Å²) in [4.78, 5) is 29.3. The average Bonchev–Trinajstić information content (AvgIpc) is 3.61. The number of hydrogen-bond acceptors (Lipinski definition) is 6. The van der Waals surface area contributed by atoms with E-state index in [1.807, 2.05) is 112 Å². The van der Waals surface area contributed by atoms with Gasteiger partial charge in [-0.3, -0.25) is 19.2 Å². The second kappa shape index (κ2) is 11.5. The number of para-hydroxylation sites is 2. The van der Waals surface area contributed by atoms with Gasteiger partial charge >= 0.3 is 0 Å². The maximum atomic E-state index is 13.9. The van der Waals surface area contributed by atoms with Crippen molar-refractivity contribution in [2.75, 3.05) is 4.90 Å². The summed E-state index contributed by atoms with van der Waals surface area (Å²) in [6, 6.07) is 26.8. The third-order valence-corrected chi connectivity index (χ3v) is 8.39. The van der Waals surface area contributed by atoms with Crippen molar-refractivity contribution in [3.8, 4) is 28.4 Å². The maximum Gasteiger partial charge on any atom is 0.296 e. The summed E-state index contributed by atoms with van der Waals surface area (Å²) < 4.78 is 11.2. The van der Waals surface area contributed by atoms with Gasteiger partial charge in [-0.15, -0.1) is 0 Å². The third kappa shape index (κ3) is 5.35. The molecule has 3 aromatic carbocycles. The Morgan fingerprint density at radius 3 is 2.16 bits per heavy atom. The smallest absolute Gasteiger partial charge is 0.296 e. The zero-order chi connectivity index (χ0) is 30.2. The van der Waals surface area contributed by atoms with Gasteiger partial charge in [0.15, 0.2) is 4.32 Å². The first-order valence-corrected chi connectivity index (χ1v) is 15.0. The number of carbonyl (C=O) groups excluding carboxylic acids is 1. The van der Waals surface area contributed by atoms with Crippen LogP contribution >= 0.6 is 24.0 Å². The first-order valence-electron chi connectivity index (χ1n) is 13.8. The van der Waals surface area contributed by atoms with Gasteiger partial charge in [0.05, 0.1) is 33.8 Å². The highest BCUT2D eigenvalue weighted by molar-refractivity contribution is 8.27. The fourth-order valence-electron chi connectivity index (χ4n) is 5.01. The predicted octanol–water partition coefficient (Wildman–Crippen LogP) is 6.53. The average molecular weight is 608 g/mol. The lowest BCUT2D eigenvalue weighted by atomic mass is 10.1. The molecule has 1 aliphatic rings. The number of amides is 1. The van der Waals surface area contributed by atoms with Crippen LogP contribution in [0.4, 0.5) is 5.69 Å². The van der Waals surface area contributed by atoms with Gasteiger partial charge in [0.2, 0.25) is 0 Å². The highest BCUT2D eigenvalue weighted by Gasteiger charge is 2.38. The number of benzene rings is 3. The number of anilines is 1. The van der Waals surface area contributed by atoms with Crippen molar-refractivity contribution in [2.24, 2.45) is 7.05 Å². The Morgan fingerprint density at radius 2 is 1.53 bits per heavy atom. The van der Waals surface area contributed by atoms with Crippen LogP contribution in [0.3, 0.4) is 0 Å². The Labute approximate surface area is 258 Å². The number of ether oxygens (including phenoxy) is 1. The van der Waals surface area contributed by atoms with Crippen LogP contribution in [-0.4, -0.2) is 35.5 Å². The van der Waals surface area contributed by atoms with Gasteiger partial charge in [0.1, 0.15) is 11.4 Å². The van der Waals surface area contributed by atoms with E-state index in [2.05, 4.69) is 0 Å². The third-order valence-electron chi connectivity index (χ3n) is 7.09. The van der Waals surface area contributed by atoms with E-state index in [4.69, 9.17) is 22.1 Å². The SMILES string of the molecule is Cc1c(N2C(=O)/C(=C/c3cn(-c4ccccc4)nc3-c3ccc(OC(C)C)cc3)SC2=S)c(=O)n(-c2ccccc2)n1C. The van der Waals surface area contributed by atoms with Gasteiger partial charge < -0.3 is 4.74 Å². The van der Waals surface area contributed by atoms with E-state index in [9.17, 15) is 9.59 Å². The topological polar surface area (TPSA) is 74.3 Å². The molecule has 8 nitrogen and oxygen atoms in total. The van der Waals surface area contributed by atoms with Gasteiger partial charge in [-0.2, -0.15) is 5.10 Å². The molecule has 1 saturated heterocycles. The van der Waals surface area contributed by atoms with Crippen molar-refractivity contribution in [2.45, 2.75) is 26.9 Å². The van der Waals surface area contributed by atoms with E-state index in [0.717, 1.165) is 22.6 Å². The van der Waals surface area contributed by atoms with Crippen LogP contribution in [0, 0.1) is 6.92 Å². The van der Waals surface area contributed by atoms with Crippen LogP contribution < -0.4 is 15.2 Å². The largest absolute Gasteiger partial charge is 0.491 e. The fourth-order valence-corrected chi connectivity index (χ4v) is 6.27. The summed E-state index contributed by atoms with van der Waals surface area (Å²) >= 11 is 6.85. The predicted molar refractivity (Wildman–Crippen MR) is 176 cm³/mol. The van der Waals surface area contributed by atoms with E-state index in [0.29, 0.717) is 26.3 Å². The van der Waals surface area contributed by atoms with Crippen molar-refractivity contribution >= 4 is 46.0 Å². The lowest BCUT2D eigenvalue weighted by Crippen LogP contribution is -2.33. The van der Waals surface area contributed by atoms with Gasteiger partial charge in [0, 0.05) is 24.4 Å². The molecule has 0 saturated carbocycles. The van der Waals surface area contributed by atoms with E-state index >= 15 is 0 Å². The molecular formula is C33H29N5O3S2. The van der Waals surface area contributed by atoms with Crippen LogP contribution in [0.1, 0.15) is 25.1 Å². The molecule has 1 aliphatic heterocycles. The first kappa shape index (κ1) is 28.4. The molecule has 0 unspecified atom stereocenters. The highest BCUT2D eigenvalue weighted by Crippen LogP contribution is 2.38. The Bertz CT molecular complexity index is 1920. The Morgan fingerprint density at radius 1 is 0.907 bits per heavy atom. The normalized spacial score (nSPS) is 14.3. The monoisotopic (exact) mass is 607 g/mol. The first-order chi connectivity index (χ1) is 20.7. The minimum Gasteiger partial charge on any atom is -0.491 e. The van der Waals surface area contributed by atoms with Gasteiger partial charge in [-0.25, -0.2) is 9.36 Å². The number of aromatic nitrogens is 4. The van der Waals surface area contributed by atoms with Crippen LogP contribution in [-0.2, 0) is 11.8 Å². The molecule has 0 spiro atoms. The molecule has 0 atom stereocenters. The zero-order valence-electron chi connectivity index (χ0n) is 24.1. The fraction of sp³-hybridized carbons (Fsp3) is 0.152. The molecule has 0 bridgehead atoms. The number of hydrogen-bond donors (Lipinski definition) is 0.